The molecule has 1 aliphatic heterocycles. The van der Waals surface area contributed by atoms with Gasteiger partial charge in [0.25, 0.3) is 0 Å². The van der Waals surface area contributed by atoms with Crippen molar-refractivity contribution >= 4 is 6.09 Å². The third-order valence-corrected chi connectivity index (χ3v) is 2.82. The first kappa shape index (κ1) is 12.3. The van der Waals surface area contributed by atoms with Gasteiger partial charge in [-0.15, -0.1) is 0 Å². The molecule has 0 bridgehead atoms. The van der Waals surface area contributed by atoms with Crippen LogP contribution in [0.4, 0.5) is 4.79 Å². The van der Waals surface area contributed by atoms with Crippen LogP contribution in [-0.4, -0.2) is 41.4 Å². The molecule has 88 valence electrons. The summed E-state index contributed by atoms with van der Waals surface area (Å²) >= 11 is 0. The zero-order valence-corrected chi connectivity index (χ0v) is 9.61. The van der Waals surface area contributed by atoms with Gasteiger partial charge in [-0.2, -0.15) is 0 Å². The summed E-state index contributed by atoms with van der Waals surface area (Å²) in [6.45, 7) is 4.94. The molecule has 0 spiro atoms. The number of ether oxygens (including phenoxy) is 1. The number of β-amino-alcohol motifs (C(OH)–C–C–N with tert-alkyl or cyclic N) is 1. The predicted octanol–water partition coefficient (Wildman–Crippen LogP) is 1.77. The molecule has 1 saturated heterocycles. The van der Waals surface area contributed by atoms with E-state index in [4.69, 9.17) is 4.74 Å². The first-order valence-corrected chi connectivity index (χ1v) is 5.76. The second kappa shape index (κ2) is 5.95. The first-order chi connectivity index (χ1) is 7.15. The van der Waals surface area contributed by atoms with Crippen LogP contribution in [0, 0.1) is 0 Å². The number of likely N-dealkylation sites (tertiary alicyclic amines) is 1. The van der Waals surface area contributed by atoms with E-state index in [9.17, 15) is 9.90 Å². The van der Waals surface area contributed by atoms with E-state index in [2.05, 4.69) is 6.92 Å². The Morgan fingerprint density at radius 2 is 2.27 bits per heavy atom. The zero-order valence-electron chi connectivity index (χ0n) is 9.61. The Kier molecular flexibility index (Phi) is 4.88. The summed E-state index contributed by atoms with van der Waals surface area (Å²) < 4.78 is 5.12. The molecule has 0 radical (unpaired) electrons. The van der Waals surface area contributed by atoms with Crippen molar-refractivity contribution in [3.8, 4) is 0 Å². The van der Waals surface area contributed by atoms with Crippen LogP contribution in [0.15, 0.2) is 0 Å². The molecule has 15 heavy (non-hydrogen) atoms. The van der Waals surface area contributed by atoms with Gasteiger partial charge in [-0.25, -0.2) is 4.79 Å². The first-order valence-electron chi connectivity index (χ1n) is 5.76. The van der Waals surface area contributed by atoms with Gasteiger partial charge in [-0.3, -0.25) is 0 Å². The van der Waals surface area contributed by atoms with Gasteiger partial charge in [0.05, 0.1) is 19.3 Å². The number of amides is 1. The molecule has 1 aliphatic rings. The van der Waals surface area contributed by atoms with Crippen LogP contribution in [0.2, 0.25) is 0 Å². The lowest BCUT2D eigenvalue weighted by molar-refractivity contribution is 0.0271. The van der Waals surface area contributed by atoms with Gasteiger partial charge < -0.3 is 14.7 Å². The standard InChI is InChI=1S/C11H21NO3/c1-3-4-7-15-11(14)12-8-10(13)6-5-9(12)2/h9-10,13H,3-8H2,1-2H3/t9-,10-/m1/s1. The molecular weight excluding hydrogens is 194 g/mol. The molecule has 1 N–H and O–H groups in total. The molecule has 2 atom stereocenters. The number of unbranched alkanes of at least 4 members (excludes halogenated alkanes) is 1. The summed E-state index contributed by atoms with van der Waals surface area (Å²) in [5.74, 6) is 0. The van der Waals surface area contributed by atoms with Gasteiger partial charge >= 0.3 is 6.09 Å². The Morgan fingerprint density at radius 3 is 2.93 bits per heavy atom. The SMILES string of the molecule is CCCCOC(=O)N1C[C@H](O)CC[C@H]1C. The molecular formula is C11H21NO3. The highest BCUT2D eigenvalue weighted by Gasteiger charge is 2.28. The van der Waals surface area contributed by atoms with Crippen LogP contribution in [0.25, 0.3) is 0 Å². The quantitative estimate of drug-likeness (QED) is 0.730. The largest absolute Gasteiger partial charge is 0.449 e. The van der Waals surface area contributed by atoms with Crippen molar-refractivity contribution in [1.29, 1.82) is 0 Å². The Labute approximate surface area is 91.2 Å². The van der Waals surface area contributed by atoms with Gasteiger partial charge in [0.2, 0.25) is 0 Å². The molecule has 0 saturated carbocycles. The Morgan fingerprint density at radius 1 is 1.53 bits per heavy atom. The lowest BCUT2D eigenvalue weighted by atomic mass is 10.0. The number of hydrogen-bond donors (Lipinski definition) is 1. The third-order valence-electron chi connectivity index (χ3n) is 2.82. The average molecular weight is 215 g/mol. The summed E-state index contributed by atoms with van der Waals surface area (Å²) in [5.41, 5.74) is 0. The fraction of sp³-hybridized carbons (Fsp3) is 0.909. The number of rotatable bonds is 3. The second-order valence-corrected chi connectivity index (χ2v) is 4.20. The van der Waals surface area contributed by atoms with E-state index < -0.39 is 0 Å². The molecule has 4 heteroatoms. The number of aliphatic hydroxyl groups is 1. The van der Waals surface area contributed by atoms with Crippen molar-refractivity contribution in [3.63, 3.8) is 0 Å². The summed E-state index contributed by atoms with van der Waals surface area (Å²) in [5, 5.41) is 9.47. The minimum Gasteiger partial charge on any atom is -0.449 e. The molecule has 0 aromatic carbocycles. The maximum atomic E-state index is 11.6. The number of carbonyl (C=O) groups is 1. The minimum absolute atomic E-state index is 0.183. The third kappa shape index (κ3) is 3.70. The molecule has 0 unspecified atom stereocenters. The van der Waals surface area contributed by atoms with E-state index in [1.54, 1.807) is 4.90 Å². The van der Waals surface area contributed by atoms with E-state index in [-0.39, 0.29) is 18.2 Å². The number of carbonyl (C=O) groups excluding carboxylic acids is 1. The van der Waals surface area contributed by atoms with Crippen LogP contribution in [-0.2, 0) is 4.74 Å². The molecule has 0 aromatic rings. The predicted molar refractivity (Wildman–Crippen MR) is 57.7 cm³/mol. The van der Waals surface area contributed by atoms with E-state index in [0.717, 1.165) is 25.7 Å². The smallest absolute Gasteiger partial charge is 0.410 e. The van der Waals surface area contributed by atoms with Crippen molar-refractivity contribution in [2.24, 2.45) is 0 Å². The molecule has 1 rings (SSSR count). The minimum atomic E-state index is -0.389. The number of nitrogens with zero attached hydrogens (tertiary/aromatic N) is 1. The Hall–Kier alpha value is -0.770. The molecule has 1 fully saturated rings. The van der Waals surface area contributed by atoms with Gasteiger partial charge in [-0.05, 0) is 26.2 Å². The molecule has 0 aliphatic carbocycles. The van der Waals surface area contributed by atoms with Gasteiger partial charge in [0.15, 0.2) is 0 Å². The number of piperidine rings is 1. The fourth-order valence-corrected chi connectivity index (χ4v) is 1.73. The van der Waals surface area contributed by atoms with Crippen molar-refractivity contribution in [1.82, 2.24) is 4.90 Å². The van der Waals surface area contributed by atoms with Crippen LogP contribution in [0.3, 0.4) is 0 Å². The second-order valence-electron chi connectivity index (χ2n) is 4.20. The van der Waals surface area contributed by atoms with Crippen molar-refractivity contribution < 1.29 is 14.6 Å². The van der Waals surface area contributed by atoms with Crippen LogP contribution in [0.5, 0.6) is 0 Å². The van der Waals surface area contributed by atoms with Crippen molar-refractivity contribution in [3.05, 3.63) is 0 Å². The highest BCUT2D eigenvalue weighted by Crippen LogP contribution is 2.17. The summed E-state index contributed by atoms with van der Waals surface area (Å²) in [4.78, 5) is 13.3. The molecule has 1 heterocycles. The summed E-state index contributed by atoms with van der Waals surface area (Å²) in [6, 6.07) is 0.183. The summed E-state index contributed by atoms with van der Waals surface area (Å²) in [7, 11) is 0. The Balaban J connectivity index is 2.35. The average Bonchev–Trinajstić information content (AvgIpc) is 2.22. The number of aliphatic hydroxyl groups excluding tert-OH is 1. The fourth-order valence-electron chi connectivity index (χ4n) is 1.73. The van der Waals surface area contributed by atoms with Crippen LogP contribution in [0.1, 0.15) is 39.5 Å². The van der Waals surface area contributed by atoms with Crippen molar-refractivity contribution in [2.45, 2.75) is 51.7 Å². The summed E-state index contributed by atoms with van der Waals surface area (Å²) in [6.07, 6.45) is 2.88. The number of hydrogen-bond acceptors (Lipinski definition) is 3. The lowest BCUT2D eigenvalue weighted by Crippen LogP contribution is -2.47. The van der Waals surface area contributed by atoms with Gasteiger partial charge in [-0.1, -0.05) is 13.3 Å². The molecule has 4 nitrogen and oxygen atoms in total. The maximum absolute atomic E-state index is 11.6. The molecule has 0 aromatic heterocycles. The highest BCUT2D eigenvalue weighted by molar-refractivity contribution is 5.68. The monoisotopic (exact) mass is 215 g/mol. The maximum Gasteiger partial charge on any atom is 0.410 e. The van der Waals surface area contributed by atoms with Gasteiger partial charge in [0, 0.05) is 6.04 Å². The zero-order chi connectivity index (χ0) is 11.3. The van der Waals surface area contributed by atoms with E-state index in [0.29, 0.717) is 13.2 Å². The highest BCUT2D eigenvalue weighted by atomic mass is 16.6. The van der Waals surface area contributed by atoms with Crippen LogP contribution < -0.4 is 0 Å². The van der Waals surface area contributed by atoms with Crippen LogP contribution >= 0.6 is 0 Å². The van der Waals surface area contributed by atoms with E-state index in [1.165, 1.54) is 0 Å². The van der Waals surface area contributed by atoms with Crippen molar-refractivity contribution in [2.75, 3.05) is 13.2 Å². The Bertz CT molecular complexity index is 208. The normalized spacial score (nSPS) is 26.5. The molecule has 1 amide bonds. The lowest BCUT2D eigenvalue weighted by Gasteiger charge is -2.35. The van der Waals surface area contributed by atoms with Gasteiger partial charge in [0.1, 0.15) is 0 Å². The topological polar surface area (TPSA) is 49.8 Å². The van der Waals surface area contributed by atoms with E-state index >= 15 is 0 Å². The van der Waals surface area contributed by atoms with E-state index in [1.807, 2.05) is 6.92 Å².